The van der Waals surface area contributed by atoms with Gasteiger partial charge in [-0.3, -0.25) is 4.72 Å². The number of nitrogens with one attached hydrogen (secondary N) is 4. The van der Waals surface area contributed by atoms with Crippen molar-refractivity contribution in [3.8, 4) is 22.6 Å². The summed E-state index contributed by atoms with van der Waals surface area (Å²) in [4.78, 5) is 28.5. The molecule has 0 fully saturated rings. The number of nitrogens with zero attached hydrogens (tertiary/aromatic N) is 3. The topological polar surface area (TPSA) is 151 Å². The first-order chi connectivity index (χ1) is 16.7. The molecule has 0 aliphatic carbocycles. The number of methoxy groups -OCH3 is 1. The standard InChI is InChI=1S/C23H30ClN7O4S/c1-13(27-22(32)35-5)12-26-21-25-8-7-17(28-21)19-18(29-20(30-19)23(2,3)4)14-9-15(24)11-16(10-14)31-36(6,33)34/h7-11,13,31H,12H2,1-6H3,(H,27,32)(H,29,30)(H,25,26,28)/t13-/m0/s1. The summed E-state index contributed by atoms with van der Waals surface area (Å²) in [5.41, 5.74) is 2.38. The molecule has 0 bridgehead atoms. The lowest BCUT2D eigenvalue weighted by molar-refractivity contribution is 0.168. The summed E-state index contributed by atoms with van der Waals surface area (Å²) >= 11 is 6.32. The van der Waals surface area contributed by atoms with E-state index in [4.69, 9.17) is 16.6 Å². The lowest BCUT2D eigenvalue weighted by Crippen LogP contribution is -2.37. The molecule has 3 aromatic rings. The van der Waals surface area contributed by atoms with Crippen LogP contribution in [0.2, 0.25) is 5.02 Å². The molecule has 2 aromatic heterocycles. The highest BCUT2D eigenvalue weighted by Crippen LogP contribution is 2.35. The summed E-state index contributed by atoms with van der Waals surface area (Å²) in [6, 6.07) is 6.41. The molecule has 4 N–H and O–H groups in total. The quantitative estimate of drug-likeness (QED) is 0.337. The number of aromatic amines is 1. The van der Waals surface area contributed by atoms with Crippen LogP contribution >= 0.6 is 11.6 Å². The second kappa shape index (κ2) is 10.7. The molecular weight excluding hydrogens is 506 g/mol. The molecule has 11 nitrogen and oxygen atoms in total. The van der Waals surface area contributed by atoms with Crippen molar-refractivity contribution < 1.29 is 17.9 Å². The van der Waals surface area contributed by atoms with Crippen molar-refractivity contribution in [2.24, 2.45) is 0 Å². The van der Waals surface area contributed by atoms with Crippen molar-refractivity contribution in [2.75, 3.05) is 29.9 Å². The number of rotatable bonds is 8. The number of halogens is 1. The molecule has 0 aliphatic rings. The van der Waals surface area contributed by atoms with Crippen LogP contribution in [0.5, 0.6) is 0 Å². The van der Waals surface area contributed by atoms with E-state index in [2.05, 4.69) is 35.0 Å². The van der Waals surface area contributed by atoms with Crippen molar-refractivity contribution in [3.05, 3.63) is 41.3 Å². The summed E-state index contributed by atoms with van der Waals surface area (Å²) < 4.78 is 30.6. The molecule has 2 heterocycles. The van der Waals surface area contributed by atoms with Crippen LogP contribution in [0.25, 0.3) is 22.6 Å². The first kappa shape index (κ1) is 27.2. The van der Waals surface area contributed by atoms with Crippen molar-refractivity contribution in [3.63, 3.8) is 0 Å². The van der Waals surface area contributed by atoms with Gasteiger partial charge in [0, 0.05) is 34.8 Å². The van der Waals surface area contributed by atoms with E-state index in [9.17, 15) is 13.2 Å². The second-order valence-corrected chi connectivity index (χ2v) is 11.5. The highest BCUT2D eigenvalue weighted by atomic mass is 35.5. The van der Waals surface area contributed by atoms with Gasteiger partial charge in [-0.15, -0.1) is 0 Å². The van der Waals surface area contributed by atoms with E-state index in [-0.39, 0.29) is 11.5 Å². The minimum atomic E-state index is -3.50. The Bertz CT molecular complexity index is 1350. The smallest absolute Gasteiger partial charge is 0.407 e. The zero-order chi connectivity index (χ0) is 26.7. The molecule has 1 aromatic carbocycles. The van der Waals surface area contributed by atoms with Gasteiger partial charge in [0.25, 0.3) is 0 Å². The van der Waals surface area contributed by atoms with E-state index in [0.29, 0.717) is 51.7 Å². The fraction of sp³-hybridized carbons (Fsp3) is 0.391. The molecule has 0 unspecified atom stereocenters. The van der Waals surface area contributed by atoms with Crippen LogP contribution in [0.1, 0.15) is 33.5 Å². The Labute approximate surface area is 215 Å². The number of alkyl carbamates (subject to hydrolysis) is 1. The van der Waals surface area contributed by atoms with Gasteiger partial charge in [0.2, 0.25) is 16.0 Å². The predicted octanol–water partition coefficient (Wildman–Crippen LogP) is 4.01. The number of benzene rings is 1. The number of hydrogen-bond donors (Lipinski definition) is 4. The van der Waals surface area contributed by atoms with E-state index < -0.39 is 16.1 Å². The van der Waals surface area contributed by atoms with Crippen LogP contribution in [0, 0.1) is 0 Å². The minimum absolute atomic E-state index is 0.229. The SMILES string of the molecule is COC(=O)N[C@@H](C)CNc1nccc(-c2[nH]c(C(C)(C)C)nc2-c2cc(Cl)cc(NS(C)(=O)=O)c2)n1. The van der Waals surface area contributed by atoms with Crippen molar-refractivity contribution >= 4 is 39.4 Å². The third kappa shape index (κ3) is 7.31. The molecule has 0 spiro atoms. The van der Waals surface area contributed by atoms with Crippen molar-refractivity contribution in [2.45, 2.75) is 39.2 Å². The maximum atomic E-state index is 11.8. The number of hydrogen-bond acceptors (Lipinski definition) is 8. The van der Waals surface area contributed by atoms with Gasteiger partial charge >= 0.3 is 6.09 Å². The van der Waals surface area contributed by atoms with Crippen molar-refractivity contribution in [1.29, 1.82) is 0 Å². The van der Waals surface area contributed by atoms with E-state index >= 15 is 0 Å². The van der Waals surface area contributed by atoms with Crippen LogP contribution in [0.3, 0.4) is 0 Å². The van der Waals surface area contributed by atoms with Crippen molar-refractivity contribution in [1.82, 2.24) is 25.3 Å². The maximum absolute atomic E-state index is 11.8. The fourth-order valence-electron chi connectivity index (χ4n) is 3.26. The molecule has 1 atom stereocenters. The van der Waals surface area contributed by atoms with Gasteiger partial charge in [0.15, 0.2) is 0 Å². The van der Waals surface area contributed by atoms with E-state index in [1.165, 1.54) is 13.2 Å². The maximum Gasteiger partial charge on any atom is 0.407 e. The third-order valence-electron chi connectivity index (χ3n) is 4.92. The van der Waals surface area contributed by atoms with E-state index in [0.717, 1.165) is 6.26 Å². The molecule has 13 heteroatoms. The van der Waals surface area contributed by atoms with Crippen LogP contribution in [0.15, 0.2) is 30.5 Å². The molecule has 36 heavy (non-hydrogen) atoms. The third-order valence-corrected chi connectivity index (χ3v) is 5.74. The number of carbonyl (C=O) groups is 1. The number of anilines is 2. The number of aromatic nitrogens is 4. The zero-order valence-electron chi connectivity index (χ0n) is 20.9. The normalized spacial score (nSPS) is 12.6. The number of ether oxygens (including phenoxy) is 1. The highest BCUT2D eigenvalue weighted by Gasteiger charge is 2.24. The first-order valence-electron chi connectivity index (χ1n) is 11.1. The average molecular weight is 536 g/mol. The predicted molar refractivity (Wildman–Crippen MR) is 141 cm³/mol. The monoisotopic (exact) mass is 535 g/mol. The van der Waals surface area contributed by atoms with Gasteiger partial charge < -0.3 is 20.4 Å². The van der Waals surface area contributed by atoms with Gasteiger partial charge in [-0.25, -0.2) is 28.2 Å². The lowest BCUT2D eigenvalue weighted by atomic mass is 9.96. The number of carbonyl (C=O) groups excluding carboxylic acids is 1. The molecule has 0 aliphatic heterocycles. The molecule has 0 saturated carbocycles. The van der Waals surface area contributed by atoms with Crippen LogP contribution in [-0.4, -0.2) is 60.4 Å². The summed E-state index contributed by atoms with van der Waals surface area (Å²) in [5, 5.41) is 6.12. The second-order valence-electron chi connectivity index (χ2n) is 9.35. The van der Waals surface area contributed by atoms with Gasteiger partial charge in [-0.1, -0.05) is 32.4 Å². The Morgan fingerprint density at radius 3 is 2.58 bits per heavy atom. The number of amides is 1. The zero-order valence-corrected chi connectivity index (χ0v) is 22.5. The van der Waals surface area contributed by atoms with Crippen LogP contribution < -0.4 is 15.4 Å². The van der Waals surface area contributed by atoms with Gasteiger partial charge in [-0.05, 0) is 31.2 Å². The number of H-pyrrole nitrogens is 1. The highest BCUT2D eigenvalue weighted by molar-refractivity contribution is 7.92. The van der Waals surface area contributed by atoms with Gasteiger partial charge in [-0.2, -0.15) is 0 Å². The number of imidazole rings is 1. The summed E-state index contributed by atoms with van der Waals surface area (Å²) in [7, 11) is -2.20. The summed E-state index contributed by atoms with van der Waals surface area (Å²) in [6.45, 7) is 8.26. The molecular formula is C23H30ClN7O4S. The Balaban J connectivity index is 2.01. The molecule has 3 rings (SSSR count). The molecule has 0 radical (unpaired) electrons. The molecule has 1 amide bonds. The lowest BCUT2D eigenvalue weighted by Gasteiger charge is -2.14. The van der Waals surface area contributed by atoms with Crippen LogP contribution in [0.4, 0.5) is 16.4 Å². The fourth-order valence-corrected chi connectivity index (χ4v) is 4.04. The Morgan fingerprint density at radius 2 is 1.94 bits per heavy atom. The number of sulfonamides is 1. The Kier molecular flexibility index (Phi) is 8.09. The first-order valence-corrected chi connectivity index (χ1v) is 13.3. The minimum Gasteiger partial charge on any atom is -0.453 e. The van der Waals surface area contributed by atoms with Gasteiger partial charge in [0.1, 0.15) is 5.82 Å². The van der Waals surface area contributed by atoms with E-state index in [1.54, 1.807) is 24.4 Å². The average Bonchev–Trinajstić information content (AvgIpc) is 3.22. The summed E-state index contributed by atoms with van der Waals surface area (Å²) in [5.74, 6) is 1.07. The Morgan fingerprint density at radius 1 is 1.22 bits per heavy atom. The van der Waals surface area contributed by atoms with Crippen LogP contribution in [-0.2, 0) is 20.2 Å². The van der Waals surface area contributed by atoms with E-state index in [1.807, 2.05) is 27.7 Å². The molecule has 194 valence electrons. The van der Waals surface area contributed by atoms with Gasteiger partial charge in [0.05, 0.1) is 36.1 Å². The Hall–Kier alpha value is -3.38. The largest absolute Gasteiger partial charge is 0.453 e. The molecule has 0 saturated heterocycles. The summed E-state index contributed by atoms with van der Waals surface area (Å²) in [6.07, 6.45) is 2.16.